The van der Waals surface area contributed by atoms with E-state index < -0.39 is 11.8 Å². The number of aryl methyl sites for hydroxylation is 1. The van der Waals surface area contributed by atoms with Gasteiger partial charge in [0.05, 0.1) is 11.3 Å². The molecule has 88 valence electrons. The van der Waals surface area contributed by atoms with Gasteiger partial charge in [-0.15, -0.1) is 0 Å². The number of hydrogen-bond donors (Lipinski definition) is 2. The lowest BCUT2D eigenvalue weighted by molar-refractivity contribution is 0.0696. The Balaban J connectivity index is 2.54. The molecule has 0 aliphatic heterocycles. The molecule has 0 amide bonds. The fourth-order valence-electron chi connectivity index (χ4n) is 1.47. The molecule has 0 radical (unpaired) electrons. The molecule has 0 unspecified atom stereocenters. The minimum Gasteiger partial charge on any atom is -0.493 e. The Morgan fingerprint density at radius 2 is 2.12 bits per heavy atom. The van der Waals surface area contributed by atoms with E-state index in [1.165, 1.54) is 18.2 Å². The number of nitrogens with zero attached hydrogens (tertiary/aromatic N) is 2. The lowest BCUT2D eigenvalue weighted by Gasteiger charge is -2.05. The van der Waals surface area contributed by atoms with Gasteiger partial charge in [-0.1, -0.05) is 0 Å². The van der Waals surface area contributed by atoms with Crippen molar-refractivity contribution in [3.8, 4) is 11.6 Å². The quantitative estimate of drug-likeness (QED) is 0.832. The van der Waals surface area contributed by atoms with Crippen molar-refractivity contribution in [2.75, 3.05) is 0 Å². The topological polar surface area (TPSA) is 75.4 Å². The Labute approximate surface area is 95.7 Å². The van der Waals surface area contributed by atoms with E-state index in [2.05, 4.69) is 5.10 Å². The van der Waals surface area contributed by atoms with Crippen LogP contribution in [0, 0.1) is 12.7 Å². The second-order valence-electron chi connectivity index (χ2n) is 3.53. The summed E-state index contributed by atoms with van der Waals surface area (Å²) in [5, 5.41) is 22.1. The van der Waals surface area contributed by atoms with Crippen molar-refractivity contribution >= 4 is 5.97 Å². The number of benzene rings is 1. The zero-order valence-corrected chi connectivity index (χ0v) is 8.88. The standard InChI is InChI=1S/C11H9FN2O3/c1-6-4-10(15)14(13-6)9-3-2-7(11(16)17)5-8(9)12/h2-5,15H,1H3,(H,16,17). The van der Waals surface area contributed by atoms with E-state index in [0.717, 1.165) is 10.7 Å². The third kappa shape index (κ3) is 1.96. The van der Waals surface area contributed by atoms with Crippen molar-refractivity contribution in [3.63, 3.8) is 0 Å². The Bertz CT molecular complexity index is 592. The van der Waals surface area contributed by atoms with Crippen LogP contribution < -0.4 is 0 Å². The van der Waals surface area contributed by atoms with Gasteiger partial charge in [-0.25, -0.2) is 9.18 Å². The lowest BCUT2D eigenvalue weighted by Crippen LogP contribution is -2.03. The first-order chi connectivity index (χ1) is 7.99. The van der Waals surface area contributed by atoms with Crippen LogP contribution in [0.5, 0.6) is 5.88 Å². The van der Waals surface area contributed by atoms with Gasteiger partial charge in [0.1, 0.15) is 11.5 Å². The second-order valence-corrected chi connectivity index (χ2v) is 3.53. The number of carboxylic acid groups (broad SMARTS) is 1. The number of carbonyl (C=O) groups is 1. The van der Waals surface area contributed by atoms with Gasteiger partial charge >= 0.3 is 5.97 Å². The number of aromatic hydroxyl groups is 1. The predicted molar refractivity (Wildman–Crippen MR) is 56.9 cm³/mol. The van der Waals surface area contributed by atoms with Crippen LogP contribution >= 0.6 is 0 Å². The Hall–Kier alpha value is -2.37. The molecule has 0 bridgehead atoms. The van der Waals surface area contributed by atoms with Crippen molar-refractivity contribution in [1.82, 2.24) is 9.78 Å². The van der Waals surface area contributed by atoms with E-state index >= 15 is 0 Å². The summed E-state index contributed by atoms with van der Waals surface area (Å²) in [5.41, 5.74) is 0.374. The highest BCUT2D eigenvalue weighted by molar-refractivity contribution is 5.87. The number of rotatable bonds is 2. The van der Waals surface area contributed by atoms with Crippen molar-refractivity contribution in [1.29, 1.82) is 0 Å². The van der Waals surface area contributed by atoms with E-state index in [4.69, 9.17) is 5.11 Å². The third-order valence-electron chi connectivity index (χ3n) is 2.24. The second kappa shape index (κ2) is 3.89. The molecule has 0 aliphatic carbocycles. The molecule has 1 aromatic heterocycles. The first kappa shape index (κ1) is 11.1. The van der Waals surface area contributed by atoms with Gasteiger partial charge in [0, 0.05) is 6.07 Å². The summed E-state index contributed by atoms with van der Waals surface area (Å²) >= 11 is 0. The molecule has 17 heavy (non-hydrogen) atoms. The zero-order valence-electron chi connectivity index (χ0n) is 8.88. The van der Waals surface area contributed by atoms with Crippen LogP contribution in [-0.4, -0.2) is 26.0 Å². The highest BCUT2D eigenvalue weighted by Gasteiger charge is 2.13. The van der Waals surface area contributed by atoms with Crippen molar-refractivity contribution < 1.29 is 19.4 Å². The fourth-order valence-corrected chi connectivity index (χ4v) is 1.47. The van der Waals surface area contributed by atoms with Crippen LogP contribution in [0.15, 0.2) is 24.3 Å². The van der Waals surface area contributed by atoms with E-state index in [1.54, 1.807) is 6.92 Å². The van der Waals surface area contributed by atoms with Gasteiger partial charge in [0.2, 0.25) is 5.88 Å². The van der Waals surface area contributed by atoms with Crippen molar-refractivity contribution in [2.24, 2.45) is 0 Å². The molecule has 5 nitrogen and oxygen atoms in total. The summed E-state index contributed by atoms with van der Waals surface area (Å²) in [5.74, 6) is -2.18. The summed E-state index contributed by atoms with van der Waals surface area (Å²) in [4.78, 5) is 10.6. The molecule has 0 spiro atoms. The maximum Gasteiger partial charge on any atom is 0.335 e. The van der Waals surface area contributed by atoms with Crippen LogP contribution in [0.25, 0.3) is 5.69 Å². The largest absolute Gasteiger partial charge is 0.493 e. The fraction of sp³-hybridized carbons (Fsp3) is 0.0909. The first-order valence-corrected chi connectivity index (χ1v) is 4.78. The normalized spacial score (nSPS) is 10.5. The number of hydrogen-bond acceptors (Lipinski definition) is 3. The van der Waals surface area contributed by atoms with Gasteiger partial charge in [0.15, 0.2) is 0 Å². The molecule has 1 aromatic carbocycles. The summed E-state index contributed by atoms with van der Waals surface area (Å²) in [6.45, 7) is 1.65. The van der Waals surface area contributed by atoms with Gasteiger partial charge in [-0.2, -0.15) is 9.78 Å². The molecular formula is C11H9FN2O3. The van der Waals surface area contributed by atoms with Gasteiger partial charge in [-0.05, 0) is 25.1 Å². The average molecular weight is 236 g/mol. The average Bonchev–Trinajstić information content (AvgIpc) is 2.57. The molecule has 1 heterocycles. The summed E-state index contributed by atoms with van der Waals surface area (Å²) in [6, 6.07) is 4.76. The van der Waals surface area contributed by atoms with Crippen LogP contribution in [0.4, 0.5) is 4.39 Å². The molecule has 2 aromatic rings. The van der Waals surface area contributed by atoms with Crippen LogP contribution in [0.2, 0.25) is 0 Å². The zero-order chi connectivity index (χ0) is 12.6. The van der Waals surface area contributed by atoms with E-state index in [9.17, 15) is 14.3 Å². The highest BCUT2D eigenvalue weighted by atomic mass is 19.1. The van der Waals surface area contributed by atoms with E-state index in [1.807, 2.05) is 0 Å². The summed E-state index contributed by atoms with van der Waals surface area (Å²) < 4.78 is 14.7. The van der Waals surface area contributed by atoms with Crippen LogP contribution in [0.1, 0.15) is 16.1 Å². The van der Waals surface area contributed by atoms with Crippen molar-refractivity contribution in [2.45, 2.75) is 6.92 Å². The van der Waals surface area contributed by atoms with E-state index in [-0.39, 0.29) is 17.1 Å². The lowest BCUT2D eigenvalue weighted by atomic mass is 10.2. The molecule has 0 aliphatic rings. The smallest absolute Gasteiger partial charge is 0.335 e. The summed E-state index contributed by atoms with van der Waals surface area (Å²) in [7, 11) is 0. The maximum atomic E-state index is 13.7. The monoisotopic (exact) mass is 236 g/mol. The summed E-state index contributed by atoms with van der Waals surface area (Å²) in [6.07, 6.45) is 0. The Morgan fingerprint density at radius 1 is 1.41 bits per heavy atom. The maximum absolute atomic E-state index is 13.7. The molecule has 0 fully saturated rings. The SMILES string of the molecule is Cc1cc(O)n(-c2ccc(C(=O)O)cc2F)n1. The molecule has 2 rings (SSSR count). The third-order valence-corrected chi connectivity index (χ3v) is 2.24. The van der Waals surface area contributed by atoms with Gasteiger partial charge in [-0.3, -0.25) is 0 Å². The minimum absolute atomic E-state index is 0.000556. The highest BCUT2D eigenvalue weighted by Crippen LogP contribution is 2.21. The molecular weight excluding hydrogens is 227 g/mol. The molecule has 6 heteroatoms. The molecule has 0 saturated carbocycles. The van der Waals surface area contributed by atoms with Crippen molar-refractivity contribution in [3.05, 3.63) is 41.3 Å². The molecule has 2 N–H and O–H groups in total. The first-order valence-electron chi connectivity index (χ1n) is 4.78. The van der Waals surface area contributed by atoms with Crippen LogP contribution in [-0.2, 0) is 0 Å². The molecule has 0 atom stereocenters. The Morgan fingerprint density at radius 3 is 2.59 bits per heavy atom. The van der Waals surface area contributed by atoms with Gasteiger partial charge < -0.3 is 10.2 Å². The number of halogens is 1. The van der Waals surface area contributed by atoms with Crippen LogP contribution in [0.3, 0.4) is 0 Å². The van der Waals surface area contributed by atoms with E-state index in [0.29, 0.717) is 5.69 Å². The minimum atomic E-state index is -1.21. The Kier molecular flexibility index (Phi) is 2.55. The number of carboxylic acids is 1. The predicted octanol–water partition coefficient (Wildman–Crippen LogP) is 1.72. The van der Waals surface area contributed by atoms with Gasteiger partial charge in [0.25, 0.3) is 0 Å². The molecule has 0 saturated heterocycles. The number of aromatic nitrogens is 2. The number of aromatic carboxylic acids is 1.